The van der Waals surface area contributed by atoms with E-state index >= 15 is 0 Å². The standard InChI is InChI=1S/C11H25NO2/c1-10(11(2)12-3)6-9-14-8-5-7-13-4/h10-12H,5-9H2,1-4H3. The molecule has 3 heteroatoms. The summed E-state index contributed by atoms with van der Waals surface area (Å²) in [4.78, 5) is 0. The van der Waals surface area contributed by atoms with Gasteiger partial charge in [-0.15, -0.1) is 0 Å². The molecular formula is C11H25NO2. The lowest BCUT2D eigenvalue weighted by atomic mass is 10.0. The molecule has 0 bridgehead atoms. The fourth-order valence-corrected chi connectivity index (χ4v) is 1.21. The van der Waals surface area contributed by atoms with Crippen LogP contribution in [0.4, 0.5) is 0 Å². The number of rotatable bonds is 9. The van der Waals surface area contributed by atoms with E-state index in [1.807, 2.05) is 7.05 Å². The van der Waals surface area contributed by atoms with Crippen LogP contribution in [0.5, 0.6) is 0 Å². The van der Waals surface area contributed by atoms with Crippen LogP contribution in [0.15, 0.2) is 0 Å². The van der Waals surface area contributed by atoms with Crippen molar-refractivity contribution in [2.75, 3.05) is 34.0 Å². The van der Waals surface area contributed by atoms with Crippen LogP contribution >= 0.6 is 0 Å². The van der Waals surface area contributed by atoms with Gasteiger partial charge in [-0.3, -0.25) is 0 Å². The van der Waals surface area contributed by atoms with E-state index in [2.05, 4.69) is 19.2 Å². The van der Waals surface area contributed by atoms with Crippen molar-refractivity contribution < 1.29 is 9.47 Å². The summed E-state index contributed by atoms with van der Waals surface area (Å²) in [5.41, 5.74) is 0. The molecule has 0 radical (unpaired) electrons. The number of methoxy groups -OCH3 is 1. The van der Waals surface area contributed by atoms with Gasteiger partial charge >= 0.3 is 0 Å². The van der Waals surface area contributed by atoms with E-state index < -0.39 is 0 Å². The van der Waals surface area contributed by atoms with Crippen molar-refractivity contribution in [1.29, 1.82) is 0 Å². The van der Waals surface area contributed by atoms with E-state index in [1.54, 1.807) is 7.11 Å². The summed E-state index contributed by atoms with van der Waals surface area (Å²) < 4.78 is 10.4. The van der Waals surface area contributed by atoms with Gasteiger partial charge < -0.3 is 14.8 Å². The average Bonchev–Trinajstić information content (AvgIpc) is 2.21. The molecule has 3 nitrogen and oxygen atoms in total. The number of hydrogen-bond acceptors (Lipinski definition) is 3. The van der Waals surface area contributed by atoms with Crippen LogP contribution in [0, 0.1) is 5.92 Å². The Bertz CT molecular complexity index is 120. The Morgan fingerprint density at radius 1 is 1.14 bits per heavy atom. The van der Waals surface area contributed by atoms with Crippen molar-refractivity contribution in [3.05, 3.63) is 0 Å². The molecule has 1 N–H and O–H groups in total. The van der Waals surface area contributed by atoms with Crippen LogP contribution in [0.2, 0.25) is 0 Å². The highest BCUT2D eigenvalue weighted by Crippen LogP contribution is 2.07. The average molecular weight is 203 g/mol. The Balaban J connectivity index is 3.18. The molecule has 0 spiro atoms. The van der Waals surface area contributed by atoms with Crippen LogP contribution in [-0.2, 0) is 9.47 Å². The first-order valence-electron chi connectivity index (χ1n) is 5.46. The van der Waals surface area contributed by atoms with Crippen molar-refractivity contribution in [3.8, 4) is 0 Å². The lowest BCUT2D eigenvalue weighted by molar-refractivity contribution is 0.0924. The molecule has 2 atom stereocenters. The van der Waals surface area contributed by atoms with Gasteiger partial charge in [0.25, 0.3) is 0 Å². The Morgan fingerprint density at radius 2 is 1.86 bits per heavy atom. The molecule has 0 aromatic heterocycles. The molecule has 0 aliphatic heterocycles. The number of ether oxygens (including phenoxy) is 2. The summed E-state index contributed by atoms with van der Waals surface area (Å²) in [6.07, 6.45) is 2.11. The van der Waals surface area contributed by atoms with Crippen LogP contribution < -0.4 is 5.32 Å². The zero-order chi connectivity index (χ0) is 10.8. The summed E-state index contributed by atoms with van der Waals surface area (Å²) >= 11 is 0. The van der Waals surface area contributed by atoms with Gasteiger partial charge in [0.1, 0.15) is 0 Å². The zero-order valence-electron chi connectivity index (χ0n) is 10.0. The van der Waals surface area contributed by atoms with Crippen molar-refractivity contribution in [2.45, 2.75) is 32.7 Å². The molecule has 86 valence electrons. The first-order chi connectivity index (χ1) is 6.72. The first kappa shape index (κ1) is 13.9. The Morgan fingerprint density at radius 3 is 2.43 bits per heavy atom. The molecule has 0 aliphatic carbocycles. The summed E-state index contributed by atoms with van der Waals surface area (Å²) in [6, 6.07) is 0.567. The van der Waals surface area contributed by atoms with E-state index in [0.29, 0.717) is 12.0 Å². The van der Waals surface area contributed by atoms with Crippen molar-refractivity contribution in [2.24, 2.45) is 5.92 Å². The van der Waals surface area contributed by atoms with Gasteiger partial charge in [0.15, 0.2) is 0 Å². The summed E-state index contributed by atoms with van der Waals surface area (Å²) in [7, 11) is 3.72. The van der Waals surface area contributed by atoms with Crippen LogP contribution in [-0.4, -0.2) is 40.0 Å². The molecule has 0 heterocycles. The van der Waals surface area contributed by atoms with Gasteiger partial charge in [0, 0.05) is 33.0 Å². The summed E-state index contributed by atoms with van der Waals surface area (Å²) in [6.45, 7) is 6.92. The fraction of sp³-hybridized carbons (Fsp3) is 1.00. The third-order valence-electron chi connectivity index (χ3n) is 2.66. The minimum Gasteiger partial charge on any atom is -0.385 e. The van der Waals surface area contributed by atoms with E-state index in [4.69, 9.17) is 9.47 Å². The quantitative estimate of drug-likeness (QED) is 0.578. The molecule has 14 heavy (non-hydrogen) atoms. The normalized spacial score (nSPS) is 15.4. The van der Waals surface area contributed by atoms with E-state index in [9.17, 15) is 0 Å². The summed E-state index contributed by atoms with van der Waals surface area (Å²) in [5, 5.41) is 3.25. The summed E-state index contributed by atoms with van der Waals surface area (Å²) in [5.74, 6) is 0.669. The van der Waals surface area contributed by atoms with E-state index in [-0.39, 0.29) is 0 Å². The maximum atomic E-state index is 5.49. The Kier molecular flexibility index (Phi) is 9.35. The van der Waals surface area contributed by atoms with Crippen LogP contribution in [0.1, 0.15) is 26.7 Å². The van der Waals surface area contributed by atoms with Crippen molar-refractivity contribution in [3.63, 3.8) is 0 Å². The molecule has 0 fully saturated rings. The molecule has 0 aromatic rings. The minimum absolute atomic E-state index is 0.567. The predicted octanol–water partition coefficient (Wildman–Crippen LogP) is 1.67. The predicted molar refractivity (Wildman–Crippen MR) is 59.6 cm³/mol. The van der Waals surface area contributed by atoms with Gasteiger partial charge in [-0.1, -0.05) is 6.92 Å². The second-order valence-corrected chi connectivity index (χ2v) is 3.80. The van der Waals surface area contributed by atoms with E-state index in [0.717, 1.165) is 32.7 Å². The molecule has 0 saturated heterocycles. The topological polar surface area (TPSA) is 30.5 Å². The highest BCUT2D eigenvalue weighted by molar-refractivity contribution is 4.65. The zero-order valence-corrected chi connectivity index (χ0v) is 10.0. The maximum absolute atomic E-state index is 5.49. The Hall–Kier alpha value is -0.120. The molecule has 0 rings (SSSR count). The second-order valence-electron chi connectivity index (χ2n) is 3.80. The lowest BCUT2D eigenvalue weighted by Gasteiger charge is -2.18. The second kappa shape index (κ2) is 9.44. The third-order valence-corrected chi connectivity index (χ3v) is 2.66. The molecule has 0 amide bonds. The maximum Gasteiger partial charge on any atom is 0.0487 e. The largest absolute Gasteiger partial charge is 0.385 e. The van der Waals surface area contributed by atoms with Gasteiger partial charge in [0.2, 0.25) is 0 Å². The van der Waals surface area contributed by atoms with Crippen molar-refractivity contribution >= 4 is 0 Å². The third kappa shape index (κ3) is 7.30. The smallest absolute Gasteiger partial charge is 0.0487 e. The molecular weight excluding hydrogens is 178 g/mol. The van der Waals surface area contributed by atoms with Gasteiger partial charge in [0.05, 0.1) is 0 Å². The molecule has 0 aliphatic rings. The Labute approximate surface area is 88.2 Å². The molecule has 0 aromatic carbocycles. The number of hydrogen-bond donors (Lipinski definition) is 1. The first-order valence-corrected chi connectivity index (χ1v) is 5.46. The fourth-order valence-electron chi connectivity index (χ4n) is 1.21. The van der Waals surface area contributed by atoms with Gasteiger partial charge in [-0.05, 0) is 32.7 Å². The van der Waals surface area contributed by atoms with Crippen LogP contribution in [0.25, 0.3) is 0 Å². The van der Waals surface area contributed by atoms with E-state index in [1.165, 1.54) is 0 Å². The number of nitrogens with one attached hydrogen (secondary N) is 1. The monoisotopic (exact) mass is 203 g/mol. The lowest BCUT2D eigenvalue weighted by Crippen LogP contribution is -2.29. The minimum atomic E-state index is 0.567. The highest BCUT2D eigenvalue weighted by atomic mass is 16.5. The van der Waals surface area contributed by atoms with Gasteiger partial charge in [-0.2, -0.15) is 0 Å². The van der Waals surface area contributed by atoms with Crippen LogP contribution in [0.3, 0.4) is 0 Å². The highest BCUT2D eigenvalue weighted by Gasteiger charge is 2.08. The molecule has 2 unspecified atom stereocenters. The van der Waals surface area contributed by atoms with Crippen molar-refractivity contribution in [1.82, 2.24) is 5.32 Å². The SMILES string of the molecule is CNC(C)C(C)CCOCCCOC. The van der Waals surface area contributed by atoms with Gasteiger partial charge in [-0.25, -0.2) is 0 Å². The molecule has 0 saturated carbocycles.